The third-order valence-electron chi connectivity index (χ3n) is 3.63. The summed E-state index contributed by atoms with van der Waals surface area (Å²) < 4.78 is 37.6. The fourth-order valence-corrected chi connectivity index (χ4v) is 3.20. The average Bonchev–Trinajstić information content (AvgIpc) is 2.45. The molecule has 2 rings (SSSR count). The first kappa shape index (κ1) is 15.9. The van der Waals surface area contributed by atoms with Crippen LogP contribution >= 0.6 is 0 Å². The molecule has 5 nitrogen and oxygen atoms in total. The number of amides is 1. The van der Waals surface area contributed by atoms with Gasteiger partial charge in [0.15, 0.2) is 0 Å². The maximum absolute atomic E-state index is 13.5. The van der Waals surface area contributed by atoms with E-state index in [0.717, 1.165) is 0 Å². The van der Waals surface area contributed by atoms with Crippen molar-refractivity contribution in [3.63, 3.8) is 0 Å². The van der Waals surface area contributed by atoms with Crippen molar-refractivity contribution in [3.8, 4) is 0 Å². The van der Waals surface area contributed by atoms with Crippen LogP contribution < -0.4 is 0 Å². The molecule has 1 aromatic rings. The van der Waals surface area contributed by atoms with Crippen LogP contribution in [0.5, 0.6) is 0 Å². The van der Waals surface area contributed by atoms with Gasteiger partial charge in [-0.05, 0) is 18.1 Å². The van der Waals surface area contributed by atoms with Crippen molar-refractivity contribution < 1.29 is 17.6 Å². The Bertz CT molecular complexity index is 610. The predicted octanol–water partition coefficient (Wildman–Crippen LogP) is 0.862. The largest absolute Gasteiger partial charge is 0.340 e. The summed E-state index contributed by atoms with van der Waals surface area (Å²) in [6.07, 6.45) is 1.76. The molecule has 0 aromatic heterocycles. The normalized spacial score (nSPS) is 17.0. The van der Waals surface area contributed by atoms with Crippen LogP contribution in [0.1, 0.15) is 12.0 Å². The zero-order valence-corrected chi connectivity index (χ0v) is 12.8. The molecule has 1 heterocycles. The Morgan fingerprint density at radius 3 is 2.38 bits per heavy atom. The maximum atomic E-state index is 13.5. The highest BCUT2D eigenvalue weighted by Gasteiger charge is 2.25. The average molecular weight is 314 g/mol. The number of nitrogens with zero attached hydrogens (tertiary/aromatic N) is 2. The van der Waals surface area contributed by atoms with Gasteiger partial charge in [-0.15, -0.1) is 0 Å². The lowest BCUT2D eigenvalue weighted by Crippen LogP contribution is -2.50. The van der Waals surface area contributed by atoms with E-state index >= 15 is 0 Å². The Kier molecular flexibility index (Phi) is 4.95. The number of halogens is 1. The Morgan fingerprint density at radius 1 is 1.19 bits per heavy atom. The Morgan fingerprint density at radius 2 is 1.81 bits per heavy atom. The summed E-state index contributed by atoms with van der Waals surface area (Å²) in [5.41, 5.74) is 0.528. The highest BCUT2D eigenvalue weighted by atomic mass is 32.2. The van der Waals surface area contributed by atoms with E-state index < -0.39 is 10.0 Å². The smallest absolute Gasteiger partial charge is 0.222 e. The van der Waals surface area contributed by atoms with E-state index in [1.807, 2.05) is 0 Å². The second kappa shape index (κ2) is 6.53. The van der Waals surface area contributed by atoms with Gasteiger partial charge in [-0.25, -0.2) is 12.8 Å². The topological polar surface area (TPSA) is 57.7 Å². The van der Waals surface area contributed by atoms with E-state index in [1.165, 1.54) is 16.6 Å². The van der Waals surface area contributed by atoms with Crippen molar-refractivity contribution in [2.45, 2.75) is 12.8 Å². The highest BCUT2D eigenvalue weighted by Crippen LogP contribution is 2.12. The lowest BCUT2D eigenvalue weighted by molar-refractivity contribution is -0.132. The van der Waals surface area contributed by atoms with Crippen LogP contribution in [0.4, 0.5) is 4.39 Å². The molecule has 1 amide bonds. The molecular formula is C14H19FN2O3S. The van der Waals surface area contributed by atoms with Crippen molar-refractivity contribution >= 4 is 15.9 Å². The minimum atomic E-state index is -3.19. The van der Waals surface area contributed by atoms with Gasteiger partial charge in [0.05, 0.1) is 6.26 Å². The predicted molar refractivity (Wildman–Crippen MR) is 77.7 cm³/mol. The van der Waals surface area contributed by atoms with Crippen molar-refractivity contribution in [2.75, 3.05) is 32.4 Å². The maximum Gasteiger partial charge on any atom is 0.222 e. The number of aryl methyl sites for hydroxylation is 1. The molecule has 1 fully saturated rings. The van der Waals surface area contributed by atoms with Crippen LogP contribution in [-0.2, 0) is 21.2 Å². The first-order valence-corrected chi connectivity index (χ1v) is 8.69. The Labute approximate surface area is 124 Å². The number of sulfonamides is 1. The summed E-state index contributed by atoms with van der Waals surface area (Å²) in [5, 5.41) is 0. The van der Waals surface area contributed by atoms with Crippen molar-refractivity contribution in [2.24, 2.45) is 0 Å². The van der Waals surface area contributed by atoms with Gasteiger partial charge in [0.1, 0.15) is 5.82 Å². The molecule has 7 heteroatoms. The fraction of sp³-hybridized carbons (Fsp3) is 0.500. The molecule has 1 aliphatic rings. The monoisotopic (exact) mass is 314 g/mol. The van der Waals surface area contributed by atoms with Crippen molar-refractivity contribution in [3.05, 3.63) is 35.6 Å². The first-order valence-electron chi connectivity index (χ1n) is 6.84. The molecule has 21 heavy (non-hydrogen) atoms. The van der Waals surface area contributed by atoms with E-state index in [-0.39, 0.29) is 18.1 Å². The van der Waals surface area contributed by atoms with E-state index in [0.29, 0.717) is 38.2 Å². The van der Waals surface area contributed by atoms with Crippen molar-refractivity contribution in [1.82, 2.24) is 9.21 Å². The summed E-state index contributed by atoms with van der Waals surface area (Å²) in [5.74, 6) is -0.362. The third kappa shape index (κ3) is 4.25. The summed E-state index contributed by atoms with van der Waals surface area (Å²) >= 11 is 0. The van der Waals surface area contributed by atoms with Crippen LogP contribution in [-0.4, -0.2) is 56.0 Å². The van der Waals surface area contributed by atoms with E-state index in [1.54, 1.807) is 23.1 Å². The molecule has 0 bridgehead atoms. The lowest BCUT2D eigenvalue weighted by atomic mass is 10.1. The number of carbonyl (C=O) groups is 1. The molecule has 0 saturated carbocycles. The highest BCUT2D eigenvalue weighted by molar-refractivity contribution is 7.88. The molecule has 1 aliphatic heterocycles. The van der Waals surface area contributed by atoms with Gasteiger partial charge in [0.2, 0.25) is 15.9 Å². The summed E-state index contributed by atoms with van der Waals surface area (Å²) in [6.45, 7) is 1.43. The Hall–Kier alpha value is -1.47. The molecular weight excluding hydrogens is 295 g/mol. The van der Waals surface area contributed by atoms with Gasteiger partial charge < -0.3 is 4.90 Å². The lowest BCUT2D eigenvalue weighted by Gasteiger charge is -2.33. The second-order valence-corrected chi connectivity index (χ2v) is 7.12. The Balaban J connectivity index is 1.84. The van der Waals surface area contributed by atoms with Crippen molar-refractivity contribution in [1.29, 1.82) is 0 Å². The van der Waals surface area contributed by atoms with Crippen LogP contribution in [0.25, 0.3) is 0 Å². The first-order chi connectivity index (χ1) is 9.88. The van der Waals surface area contributed by atoms with Gasteiger partial charge >= 0.3 is 0 Å². The summed E-state index contributed by atoms with van der Waals surface area (Å²) in [4.78, 5) is 13.7. The molecule has 1 saturated heterocycles. The van der Waals surface area contributed by atoms with E-state index in [4.69, 9.17) is 0 Å². The van der Waals surface area contributed by atoms with Crippen LogP contribution in [0, 0.1) is 5.82 Å². The van der Waals surface area contributed by atoms with Gasteiger partial charge in [0, 0.05) is 32.6 Å². The van der Waals surface area contributed by atoms with E-state index in [9.17, 15) is 17.6 Å². The quantitative estimate of drug-likeness (QED) is 0.828. The van der Waals surface area contributed by atoms with Gasteiger partial charge in [-0.3, -0.25) is 4.79 Å². The zero-order chi connectivity index (χ0) is 15.5. The fourth-order valence-electron chi connectivity index (χ4n) is 2.37. The van der Waals surface area contributed by atoms with Crippen LogP contribution in [0.3, 0.4) is 0 Å². The standard InChI is InChI=1S/C14H19FN2O3S/c1-21(19,20)17-10-8-16(9-11-17)14(18)7-6-12-4-2-3-5-13(12)15/h2-5H,6-11H2,1H3. The number of hydrogen-bond donors (Lipinski definition) is 0. The second-order valence-electron chi connectivity index (χ2n) is 5.13. The molecule has 0 N–H and O–H groups in total. The number of piperazine rings is 1. The molecule has 0 spiro atoms. The minimum Gasteiger partial charge on any atom is -0.340 e. The number of benzene rings is 1. The van der Waals surface area contributed by atoms with Gasteiger partial charge in [-0.2, -0.15) is 4.31 Å². The molecule has 0 atom stereocenters. The summed E-state index contributed by atoms with van der Waals surface area (Å²) in [7, 11) is -3.19. The molecule has 0 aliphatic carbocycles. The zero-order valence-electron chi connectivity index (χ0n) is 12.0. The molecule has 1 aromatic carbocycles. The number of hydrogen-bond acceptors (Lipinski definition) is 3. The minimum absolute atomic E-state index is 0.0635. The number of rotatable bonds is 4. The SMILES string of the molecule is CS(=O)(=O)N1CCN(C(=O)CCc2ccccc2F)CC1. The van der Waals surface area contributed by atoms with Gasteiger partial charge in [0.25, 0.3) is 0 Å². The molecule has 0 unspecified atom stereocenters. The van der Waals surface area contributed by atoms with Crippen LogP contribution in [0.15, 0.2) is 24.3 Å². The molecule has 0 radical (unpaired) electrons. The summed E-state index contributed by atoms with van der Waals surface area (Å²) in [6, 6.07) is 6.41. The molecule has 116 valence electrons. The number of carbonyl (C=O) groups excluding carboxylic acids is 1. The van der Waals surface area contributed by atoms with E-state index in [2.05, 4.69) is 0 Å². The van der Waals surface area contributed by atoms with Crippen LogP contribution in [0.2, 0.25) is 0 Å². The third-order valence-corrected chi connectivity index (χ3v) is 4.93. The van der Waals surface area contributed by atoms with Gasteiger partial charge in [-0.1, -0.05) is 18.2 Å².